The summed E-state index contributed by atoms with van der Waals surface area (Å²) in [5.41, 5.74) is 0.348. The van der Waals surface area contributed by atoms with E-state index in [0.717, 1.165) is 38.5 Å². The number of aliphatic hydroxyl groups is 1. The van der Waals surface area contributed by atoms with E-state index in [2.05, 4.69) is 9.98 Å². The highest BCUT2D eigenvalue weighted by atomic mass is 32.2. The lowest BCUT2D eigenvalue weighted by Gasteiger charge is -2.31. The van der Waals surface area contributed by atoms with Crippen molar-refractivity contribution in [2.45, 2.75) is 56.8 Å². The molecule has 1 N–H and O–H groups in total. The Kier molecular flexibility index (Phi) is 7.45. The molecule has 2 aliphatic carbocycles. The normalized spacial score (nSPS) is 28.9. The average Bonchev–Trinajstić information content (AvgIpc) is 2.77. The Bertz CT molecular complexity index is 868. The number of amidine groups is 1. The van der Waals surface area contributed by atoms with Crippen molar-refractivity contribution in [2.75, 3.05) is 25.4 Å². The number of carbonyl (C=O) groups excluding carboxylic acids is 2. The van der Waals surface area contributed by atoms with Gasteiger partial charge in [0.25, 0.3) is 5.91 Å². The van der Waals surface area contributed by atoms with Crippen molar-refractivity contribution in [1.29, 1.82) is 0 Å². The zero-order valence-corrected chi connectivity index (χ0v) is 19.2. The van der Waals surface area contributed by atoms with Crippen molar-refractivity contribution in [3.8, 4) is 0 Å². The molecule has 0 aromatic heterocycles. The first-order valence-electron chi connectivity index (χ1n) is 11.4. The molecule has 1 saturated heterocycles. The molecular formula is C23H30FN3O4S. The van der Waals surface area contributed by atoms with Crippen molar-refractivity contribution >= 4 is 35.1 Å². The molecule has 0 radical (unpaired) electrons. The molecule has 2 heterocycles. The number of likely N-dealkylation sites (tertiary alicyclic amines) is 1. The molecule has 1 saturated carbocycles. The molecule has 0 bridgehead atoms. The molecule has 2 fully saturated rings. The van der Waals surface area contributed by atoms with E-state index in [-0.39, 0.29) is 12.0 Å². The standard InChI is InChI=1S/C23H30FN3O4S/c1-14(28)27-8-6-15(7-9-27)12-31-17-10-19(24)22-20(11-17)25-21(26-23(22)30)13-32-18-4-2-16(29)3-5-18/h10-11,15-16,18,22,29H,2-9,12-13H2,1H3. The SMILES string of the molecule is CC(=O)N1CCC(COC2=CC3=NC(CSC4CCC(O)CC4)=NC(=O)C3C(F)=C2)CC1. The lowest BCUT2D eigenvalue weighted by atomic mass is 9.94. The second kappa shape index (κ2) is 10.3. The summed E-state index contributed by atoms with van der Waals surface area (Å²) >= 11 is 1.69. The summed E-state index contributed by atoms with van der Waals surface area (Å²) in [5, 5.41) is 10.1. The van der Waals surface area contributed by atoms with E-state index < -0.39 is 17.7 Å². The van der Waals surface area contributed by atoms with Crippen LogP contribution in [0.2, 0.25) is 0 Å². The van der Waals surface area contributed by atoms with Crippen molar-refractivity contribution < 1.29 is 23.8 Å². The van der Waals surface area contributed by atoms with Gasteiger partial charge in [0.15, 0.2) is 0 Å². The first kappa shape index (κ1) is 23.2. The van der Waals surface area contributed by atoms with Gasteiger partial charge in [-0.05, 0) is 44.4 Å². The second-order valence-electron chi connectivity index (χ2n) is 8.91. The summed E-state index contributed by atoms with van der Waals surface area (Å²) in [5.74, 6) is -0.509. The van der Waals surface area contributed by atoms with Gasteiger partial charge in [-0.3, -0.25) is 9.59 Å². The summed E-state index contributed by atoms with van der Waals surface area (Å²) in [6.45, 7) is 3.45. The number of hydrogen-bond acceptors (Lipinski definition) is 6. The van der Waals surface area contributed by atoms with Gasteiger partial charge in [0, 0.05) is 37.4 Å². The Hall–Kier alpha value is -2.00. The predicted molar refractivity (Wildman–Crippen MR) is 122 cm³/mol. The number of piperidine rings is 1. The van der Waals surface area contributed by atoms with Gasteiger partial charge in [-0.2, -0.15) is 16.8 Å². The highest BCUT2D eigenvalue weighted by Gasteiger charge is 2.35. The van der Waals surface area contributed by atoms with E-state index in [1.165, 1.54) is 6.08 Å². The predicted octanol–water partition coefficient (Wildman–Crippen LogP) is 3.05. The van der Waals surface area contributed by atoms with Gasteiger partial charge in [-0.1, -0.05) is 0 Å². The fourth-order valence-electron chi connectivity index (χ4n) is 4.52. The zero-order valence-electron chi connectivity index (χ0n) is 18.3. The second-order valence-corrected chi connectivity index (χ2v) is 10.2. The van der Waals surface area contributed by atoms with E-state index >= 15 is 0 Å². The smallest absolute Gasteiger partial charge is 0.263 e. The Morgan fingerprint density at radius 2 is 1.91 bits per heavy atom. The van der Waals surface area contributed by atoms with Crippen LogP contribution in [0.1, 0.15) is 45.4 Å². The number of carbonyl (C=O) groups is 2. The van der Waals surface area contributed by atoms with Crippen molar-refractivity contribution in [3.63, 3.8) is 0 Å². The van der Waals surface area contributed by atoms with Gasteiger partial charge >= 0.3 is 0 Å². The van der Waals surface area contributed by atoms with Crippen molar-refractivity contribution in [3.05, 3.63) is 23.7 Å². The van der Waals surface area contributed by atoms with Gasteiger partial charge in [0.1, 0.15) is 23.3 Å². The third-order valence-corrected chi connectivity index (χ3v) is 7.89. The number of nitrogens with zero attached hydrogens (tertiary/aromatic N) is 3. The first-order valence-corrected chi connectivity index (χ1v) is 12.4. The van der Waals surface area contributed by atoms with Crippen LogP contribution in [0, 0.1) is 11.8 Å². The number of hydrogen-bond donors (Lipinski definition) is 1. The fraction of sp³-hybridized carbons (Fsp3) is 0.652. The largest absolute Gasteiger partial charge is 0.493 e. The topological polar surface area (TPSA) is 91.6 Å². The Morgan fingerprint density at radius 1 is 1.19 bits per heavy atom. The minimum atomic E-state index is -1.07. The van der Waals surface area contributed by atoms with E-state index in [1.807, 2.05) is 4.90 Å². The molecule has 2 amide bonds. The maximum atomic E-state index is 14.7. The summed E-state index contributed by atoms with van der Waals surface area (Å²) in [6.07, 6.45) is 7.88. The Labute approximate surface area is 191 Å². The molecule has 2 aliphatic heterocycles. The summed E-state index contributed by atoms with van der Waals surface area (Å²) in [6, 6.07) is 0. The molecule has 9 heteroatoms. The van der Waals surface area contributed by atoms with Gasteiger partial charge in [0.05, 0.1) is 24.2 Å². The van der Waals surface area contributed by atoms with Crippen LogP contribution in [-0.4, -0.2) is 70.2 Å². The minimum absolute atomic E-state index is 0.0899. The number of fused-ring (bicyclic) bond motifs is 1. The molecule has 0 aromatic rings. The van der Waals surface area contributed by atoms with Crippen LogP contribution in [-0.2, 0) is 14.3 Å². The molecule has 0 spiro atoms. The molecule has 1 atom stereocenters. The van der Waals surface area contributed by atoms with E-state index in [4.69, 9.17) is 4.74 Å². The summed E-state index contributed by atoms with van der Waals surface area (Å²) < 4.78 is 20.5. The van der Waals surface area contributed by atoms with Crippen LogP contribution in [0.25, 0.3) is 0 Å². The molecule has 1 unspecified atom stereocenters. The van der Waals surface area contributed by atoms with Crippen LogP contribution >= 0.6 is 11.8 Å². The fourth-order valence-corrected chi connectivity index (χ4v) is 5.64. The highest BCUT2D eigenvalue weighted by molar-refractivity contribution is 8.00. The number of ether oxygens (including phenoxy) is 1. The van der Waals surface area contributed by atoms with E-state index in [0.29, 0.717) is 53.9 Å². The number of amides is 2. The summed E-state index contributed by atoms with van der Waals surface area (Å²) in [7, 11) is 0. The lowest BCUT2D eigenvalue weighted by molar-refractivity contribution is -0.130. The van der Waals surface area contributed by atoms with Gasteiger partial charge in [-0.15, -0.1) is 0 Å². The molecule has 4 rings (SSSR count). The maximum absolute atomic E-state index is 14.7. The number of halogens is 1. The number of thioether (sulfide) groups is 1. The average molecular weight is 464 g/mol. The third kappa shape index (κ3) is 5.67. The lowest BCUT2D eigenvalue weighted by Crippen LogP contribution is -2.38. The summed E-state index contributed by atoms with van der Waals surface area (Å²) in [4.78, 5) is 34.2. The molecule has 0 aromatic carbocycles. The van der Waals surface area contributed by atoms with Crippen LogP contribution in [0.5, 0.6) is 0 Å². The number of allylic oxidation sites excluding steroid dienone is 2. The van der Waals surface area contributed by atoms with Gasteiger partial charge in [-0.25, -0.2) is 9.38 Å². The number of aliphatic hydroxyl groups excluding tert-OH is 1. The van der Waals surface area contributed by atoms with E-state index in [1.54, 1.807) is 24.8 Å². The highest BCUT2D eigenvalue weighted by Crippen LogP contribution is 2.31. The molecule has 4 aliphatic rings. The first-order chi connectivity index (χ1) is 15.4. The van der Waals surface area contributed by atoms with Crippen LogP contribution in [0.15, 0.2) is 33.7 Å². The monoisotopic (exact) mass is 463 g/mol. The van der Waals surface area contributed by atoms with Crippen LogP contribution in [0.4, 0.5) is 4.39 Å². The maximum Gasteiger partial charge on any atom is 0.263 e. The molecular weight excluding hydrogens is 433 g/mol. The van der Waals surface area contributed by atoms with Crippen LogP contribution in [0.3, 0.4) is 0 Å². The van der Waals surface area contributed by atoms with Crippen molar-refractivity contribution in [2.24, 2.45) is 21.8 Å². The Morgan fingerprint density at radius 3 is 2.59 bits per heavy atom. The zero-order chi connectivity index (χ0) is 22.7. The number of rotatable bonds is 6. The quantitative estimate of drug-likeness (QED) is 0.654. The minimum Gasteiger partial charge on any atom is -0.493 e. The van der Waals surface area contributed by atoms with Gasteiger partial charge < -0.3 is 14.7 Å². The van der Waals surface area contributed by atoms with Gasteiger partial charge in [0.2, 0.25) is 5.91 Å². The third-order valence-electron chi connectivity index (χ3n) is 6.52. The Balaban J connectivity index is 1.34. The molecule has 7 nitrogen and oxygen atoms in total. The molecule has 32 heavy (non-hydrogen) atoms. The van der Waals surface area contributed by atoms with Crippen molar-refractivity contribution in [1.82, 2.24) is 4.90 Å². The van der Waals surface area contributed by atoms with E-state index in [9.17, 15) is 19.1 Å². The number of aliphatic imine (C=N–C) groups is 2. The van der Waals surface area contributed by atoms with Crippen LogP contribution < -0.4 is 0 Å². The molecule has 174 valence electrons.